The molecule has 0 aromatic heterocycles. The number of rotatable bonds is 2. The van der Waals surface area contributed by atoms with Crippen LogP contribution in [0.4, 0.5) is 0 Å². The number of hydrogen-bond acceptors (Lipinski definition) is 2. The van der Waals surface area contributed by atoms with Crippen LogP contribution in [0.15, 0.2) is 24.3 Å². The standard InChI is InChI=1S/C12H18N2.2ClH/c1-10(13)8-14-7-6-11-4-2-3-5-12(11)9-14;;/h2-5,10H,6-9,13H2,1H3;2*1H/t10-;;/m1../s1. The van der Waals surface area contributed by atoms with E-state index in [1.165, 1.54) is 17.5 Å². The van der Waals surface area contributed by atoms with E-state index in [-0.39, 0.29) is 30.9 Å². The third kappa shape index (κ3) is 3.95. The number of hydrogen-bond donors (Lipinski definition) is 1. The Balaban J connectivity index is 0.00000112. The highest BCUT2D eigenvalue weighted by molar-refractivity contribution is 5.85. The third-order valence-electron chi connectivity index (χ3n) is 2.76. The van der Waals surface area contributed by atoms with Crippen molar-refractivity contribution in [2.45, 2.75) is 25.9 Å². The summed E-state index contributed by atoms with van der Waals surface area (Å²) in [6.07, 6.45) is 1.17. The van der Waals surface area contributed by atoms with Gasteiger partial charge in [-0.2, -0.15) is 0 Å². The molecule has 0 saturated heterocycles. The molecule has 0 spiro atoms. The molecule has 0 saturated carbocycles. The fourth-order valence-electron chi connectivity index (χ4n) is 2.12. The molecular formula is C12H20Cl2N2. The molecule has 1 atom stereocenters. The topological polar surface area (TPSA) is 29.3 Å². The minimum atomic E-state index is 0. The van der Waals surface area contributed by atoms with E-state index in [1.54, 1.807) is 0 Å². The van der Waals surface area contributed by atoms with Gasteiger partial charge in [0.2, 0.25) is 0 Å². The highest BCUT2D eigenvalue weighted by atomic mass is 35.5. The summed E-state index contributed by atoms with van der Waals surface area (Å²) in [6.45, 7) is 5.30. The zero-order chi connectivity index (χ0) is 9.97. The molecule has 1 aliphatic rings. The van der Waals surface area contributed by atoms with Crippen molar-refractivity contribution in [2.75, 3.05) is 13.1 Å². The first kappa shape index (κ1) is 15.7. The van der Waals surface area contributed by atoms with Crippen molar-refractivity contribution in [3.8, 4) is 0 Å². The predicted octanol–water partition coefficient (Wildman–Crippen LogP) is 2.24. The zero-order valence-electron chi connectivity index (χ0n) is 9.56. The average molecular weight is 263 g/mol. The largest absolute Gasteiger partial charge is 0.327 e. The van der Waals surface area contributed by atoms with Crippen molar-refractivity contribution < 1.29 is 0 Å². The summed E-state index contributed by atoms with van der Waals surface area (Å²) in [5.74, 6) is 0. The molecule has 1 heterocycles. The van der Waals surface area contributed by atoms with Crippen molar-refractivity contribution in [3.63, 3.8) is 0 Å². The molecule has 1 aromatic rings. The Bertz CT molecular complexity index is 316. The molecule has 1 aromatic carbocycles. The Morgan fingerprint density at radius 1 is 1.25 bits per heavy atom. The molecule has 0 amide bonds. The highest BCUT2D eigenvalue weighted by Crippen LogP contribution is 2.17. The van der Waals surface area contributed by atoms with Gasteiger partial charge >= 0.3 is 0 Å². The van der Waals surface area contributed by atoms with E-state index in [4.69, 9.17) is 5.73 Å². The first-order valence-electron chi connectivity index (χ1n) is 5.30. The summed E-state index contributed by atoms with van der Waals surface area (Å²) < 4.78 is 0. The van der Waals surface area contributed by atoms with Crippen LogP contribution in [0.5, 0.6) is 0 Å². The average Bonchev–Trinajstić information content (AvgIpc) is 2.17. The number of halogens is 2. The lowest BCUT2D eigenvalue weighted by Crippen LogP contribution is -2.38. The minimum Gasteiger partial charge on any atom is -0.327 e. The van der Waals surface area contributed by atoms with E-state index < -0.39 is 0 Å². The van der Waals surface area contributed by atoms with E-state index in [9.17, 15) is 0 Å². The maximum atomic E-state index is 5.80. The monoisotopic (exact) mass is 262 g/mol. The van der Waals surface area contributed by atoms with E-state index in [1.807, 2.05) is 0 Å². The second-order valence-electron chi connectivity index (χ2n) is 4.23. The molecular weight excluding hydrogens is 243 g/mol. The van der Waals surface area contributed by atoms with Gasteiger partial charge in [0, 0.05) is 25.7 Å². The Morgan fingerprint density at radius 3 is 2.50 bits per heavy atom. The lowest BCUT2D eigenvalue weighted by molar-refractivity contribution is 0.242. The van der Waals surface area contributed by atoms with E-state index in [2.05, 4.69) is 36.1 Å². The quantitative estimate of drug-likeness (QED) is 0.886. The molecule has 0 aliphatic carbocycles. The third-order valence-corrected chi connectivity index (χ3v) is 2.76. The van der Waals surface area contributed by atoms with Crippen LogP contribution < -0.4 is 5.73 Å². The van der Waals surface area contributed by atoms with Gasteiger partial charge in [0.15, 0.2) is 0 Å². The molecule has 2 rings (SSSR count). The fourth-order valence-corrected chi connectivity index (χ4v) is 2.12. The highest BCUT2D eigenvalue weighted by Gasteiger charge is 2.15. The maximum Gasteiger partial charge on any atom is 0.0237 e. The number of nitrogens with two attached hydrogens (primary N) is 1. The number of nitrogens with zero attached hydrogens (tertiary/aromatic N) is 1. The van der Waals surface area contributed by atoms with Crippen LogP contribution in [0, 0.1) is 0 Å². The second kappa shape index (κ2) is 7.13. The summed E-state index contributed by atoms with van der Waals surface area (Å²) in [4.78, 5) is 2.44. The first-order valence-corrected chi connectivity index (χ1v) is 5.30. The number of fused-ring (bicyclic) bond motifs is 1. The molecule has 2 nitrogen and oxygen atoms in total. The lowest BCUT2D eigenvalue weighted by Gasteiger charge is -2.29. The molecule has 4 heteroatoms. The summed E-state index contributed by atoms with van der Waals surface area (Å²) in [6, 6.07) is 8.98. The normalized spacial score (nSPS) is 16.6. The van der Waals surface area contributed by atoms with Gasteiger partial charge in [-0.1, -0.05) is 24.3 Å². The van der Waals surface area contributed by atoms with Crippen LogP contribution in [-0.4, -0.2) is 24.0 Å². The molecule has 0 bridgehead atoms. The lowest BCUT2D eigenvalue weighted by atomic mass is 10.00. The van der Waals surface area contributed by atoms with Crippen molar-refractivity contribution in [1.29, 1.82) is 0 Å². The van der Waals surface area contributed by atoms with Crippen molar-refractivity contribution >= 4 is 24.8 Å². The van der Waals surface area contributed by atoms with E-state index in [0.29, 0.717) is 0 Å². The first-order chi connectivity index (χ1) is 6.75. The molecule has 0 radical (unpaired) electrons. The molecule has 1 aliphatic heterocycles. The van der Waals surface area contributed by atoms with Crippen LogP contribution in [0.25, 0.3) is 0 Å². The smallest absolute Gasteiger partial charge is 0.0237 e. The van der Waals surface area contributed by atoms with Crippen LogP contribution in [0.1, 0.15) is 18.1 Å². The van der Waals surface area contributed by atoms with Crippen molar-refractivity contribution in [2.24, 2.45) is 5.73 Å². The van der Waals surface area contributed by atoms with E-state index in [0.717, 1.165) is 19.6 Å². The minimum absolute atomic E-state index is 0. The SMILES string of the molecule is C[C@@H](N)CN1CCc2ccccc2C1.Cl.Cl. The van der Waals surface area contributed by atoms with Gasteiger partial charge in [-0.15, -0.1) is 24.8 Å². The van der Waals surface area contributed by atoms with Crippen LogP contribution >= 0.6 is 24.8 Å². The molecule has 16 heavy (non-hydrogen) atoms. The zero-order valence-corrected chi connectivity index (χ0v) is 11.2. The van der Waals surface area contributed by atoms with Gasteiger partial charge in [-0.05, 0) is 24.5 Å². The van der Waals surface area contributed by atoms with Gasteiger partial charge in [0.05, 0.1) is 0 Å². The molecule has 0 unspecified atom stereocenters. The van der Waals surface area contributed by atoms with Crippen LogP contribution in [0.2, 0.25) is 0 Å². The summed E-state index contributed by atoms with van der Waals surface area (Å²) in [5, 5.41) is 0. The molecule has 2 N–H and O–H groups in total. The summed E-state index contributed by atoms with van der Waals surface area (Å²) in [7, 11) is 0. The Morgan fingerprint density at radius 2 is 1.88 bits per heavy atom. The Labute approximate surface area is 110 Å². The van der Waals surface area contributed by atoms with Gasteiger partial charge < -0.3 is 5.73 Å². The Kier molecular flexibility index (Phi) is 7.00. The van der Waals surface area contributed by atoms with Crippen molar-refractivity contribution in [3.05, 3.63) is 35.4 Å². The summed E-state index contributed by atoms with van der Waals surface area (Å²) >= 11 is 0. The van der Waals surface area contributed by atoms with Gasteiger partial charge in [0.25, 0.3) is 0 Å². The van der Waals surface area contributed by atoms with E-state index >= 15 is 0 Å². The predicted molar refractivity (Wildman–Crippen MR) is 73.6 cm³/mol. The molecule has 0 fully saturated rings. The van der Waals surface area contributed by atoms with Gasteiger partial charge in [-0.3, -0.25) is 4.90 Å². The number of benzene rings is 1. The molecule has 92 valence electrons. The van der Waals surface area contributed by atoms with Crippen LogP contribution in [0.3, 0.4) is 0 Å². The van der Waals surface area contributed by atoms with Gasteiger partial charge in [0.1, 0.15) is 0 Å². The Hall–Kier alpha value is -0.280. The van der Waals surface area contributed by atoms with Crippen LogP contribution in [-0.2, 0) is 13.0 Å². The van der Waals surface area contributed by atoms with Gasteiger partial charge in [-0.25, -0.2) is 0 Å². The summed E-state index contributed by atoms with van der Waals surface area (Å²) in [5.41, 5.74) is 8.78. The van der Waals surface area contributed by atoms with Crippen molar-refractivity contribution in [1.82, 2.24) is 4.90 Å². The second-order valence-corrected chi connectivity index (χ2v) is 4.23. The maximum absolute atomic E-state index is 5.80. The fraction of sp³-hybridized carbons (Fsp3) is 0.500.